The first kappa shape index (κ1) is 80.1. The van der Waals surface area contributed by atoms with Gasteiger partial charge in [-0.1, -0.05) is 293 Å². The molecule has 0 aromatic rings. The average molecular weight is 1200 g/mol. The third-order valence-electron chi connectivity index (χ3n) is 16.6. The van der Waals surface area contributed by atoms with Crippen molar-refractivity contribution in [3.63, 3.8) is 0 Å². The lowest BCUT2D eigenvalue weighted by Gasteiger charge is -2.41. The van der Waals surface area contributed by atoms with Crippen LogP contribution in [0.25, 0.3) is 0 Å². The van der Waals surface area contributed by atoms with E-state index >= 15 is 0 Å². The van der Waals surface area contributed by atoms with Crippen molar-refractivity contribution in [1.29, 1.82) is 0 Å². The molecule has 0 spiro atoms. The first-order valence-electron chi connectivity index (χ1n) is 35.7. The summed E-state index contributed by atoms with van der Waals surface area (Å²) in [6.07, 6.45) is 69.5. The van der Waals surface area contributed by atoms with Crippen LogP contribution < -0.4 is 5.32 Å². The second-order valence-corrected chi connectivity index (χ2v) is 24.6. The van der Waals surface area contributed by atoms with Gasteiger partial charge in [0.25, 0.3) is 0 Å². The number of aliphatic hydroxyl groups is 5. The summed E-state index contributed by atoms with van der Waals surface area (Å²) in [5.74, 6) is -1.22. The maximum Gasteiger partial charge on any atom is 0.306 e. The molecular formula is C74H133NO10. The van der Waals surface area contributed by atoms with Crippen LogP contribution in [-0.4, -0.2) is 99.6 Å². The predicted octanol–water partition coefficient (Wildman–Crippen LogP) is 18.3. The Balaban J connectivity index is 2.56. The molecule has 1 rings (SSSR count). The average Bonchev–Trinajstić information content (AvgIpc) is 2.90. The van der Waals surface area contributed by atoms with Crippen LogP contribution in [0.1, 0.15) is 323 Å². The molecule has 1 amide bonds. The van der Waals surface area contributed by atoms with Crippen LogP contribution in [0, 0.1) is 0 Å². The van der Waals surface area contributed by atoms with Gasteiger partial charge in [0.05, 0.1) is 25.4 Å². The lowest BCUT2D eigenvalue weighted by molar-refractivity contribution is -0.305. The van der Waals surface area contributed by atoms with Crippen molar-refractivity contribution in [2.45, 2.75) is 372 Å². The first-order chi connectivity index (χ1) is 41.7. The minimum atomic E-state index is -1.63. The number of unbranched alkanes of at least 4 members (excludes halogenated alkanes) is 37. The number of carbonyl (C=O) groups excluding carboxylic acids is 2. The Hall–Kier alpha value is -2.90. The minimum Gasteiger partial charge on any atom is -0.454 e. The largest absolute Gasteiger partial charge is 0.454 e. The first-order valence-corrected chi connectivity index (χ1v) is 35.7. The highest BCUT2D eigenvalue weighted by molar-refractivity contribution is 5.80. The molecule has 0 saturated carbocycles. The molecule has 6 N–H and O–H groups in total. The van der Waals surface area contributed by atoms with E-state index in [4.69, 9.17) is 14.2 Å². The fraction of sp³-hybridized carbons (Fsp3) is 0.811. The van der Waals surface area contributed by atoms with E-state index in [1.807, 2.05) is 6.08 Å². The van der Waals surface area contributed by atoms with Gasteiger partial charge < -0.3 is 45.1 Å². The third kappa shape index (κ3) is 48.7. The SMILES string of the molecule is CCCCC/C=C\C/C=C\C/C=C\C/C=C\CCCCCC(=O)OC1C(OCC(NC(=O)C(O)CCCCCCCCCCCCCCCCCC/C=C/CCCCCCCC)C(O)/C=C/CCCCCCCCCCC)OC(CO)C(O)C1O. The molecule has 11 heteroatoms. The number of amides is 1. The molecule has 1 aliphatic rings. The standard InChI is InChI=1S/C74H133NO10/c1-4-7-10-13-16-19-22-24-26-28-30-31-32-33-34-35-36-38-39-41-43-46-49-52-55-58-61-67(78)73(82)75-65(66(77)60-57-54-51-48-45-21-18-15-12-9-6-3)64-83-74-72(71(81)70(80)68(63-76)84-74)85-69(79)62-59-56-53-50-47-44-42-40-37-29-27-25-23-20-17-14-11-8-5-2/h17,20,24-27,37,40,44,47,57,60,65-68,70-72,74,76-78,80-81H,4-16,18-19,21-23,28-36,38-39,41-43,45-46,48-56,58-59,61-64H2,1-3H3,(H,75,82)/b20-17-,26-24+,27-25-,40-37-,47-44-,60-57+. The van der Waals surface area contributed by atoms with Gasteiger partial charge in [-0.05, 0) is 96.3 Å². The van der Waals surface area contributed by atoms with Crippen LogP contribution in [0.3, 0.4) is 0 Å². The van der Waals surface area contributed by atoms with Gasteiger partial charge in [-0.2, -0.15) is 0 Å². The minimum absolute atomic E-state index is 0.0850. The number of nitrogens with one attached hydrogen (secondary N) is 1. The molecule has 0 aromatic carbocycles. The Morgan fingerprint density at radius 3 is 1.25 bits per heavy atom. The van der Waals surface area contributed by atoms with Gasteiger partial charge in [-0.15, -0.1) is 0 Å². The Labute approximate surface area is 521 Å². The van der Waals surface area contributed by atoms with Crippen LogP contribution in [-0.2, 0) is 23.8 Å². The van der Waals surface area contributed by atoms with E-state index < -0.39 is 67.4 Å². The summed E-state index contributed by atoms with van der Waals surface area (Å²) in [5, 5.41) is 57.2. The zero-order valence-electron chi connectivity index (χ0n) is 55.0. The Bertz CT molecular complexity index is 1660. The van der Waals surface area contributed by atoms with Crippen LogP contribution in [0.5, 0.6) is 0 Å². The molecule has 11 nitrogen and oxygen atoms in total. The molecule has 85 heavy (non-hydrogen) atoms. The van der Waals surface area contributed by atoms with Crippen molar-refractivity contribution < 1.29 is 49.3 Å². The second kappa shape index (κ2) is 61.3. The van der Waals surface area contributed by atoms with Crippen LogP contribution >= 0.6 is 0 Å². The quantitative estimate of drug-likeness (QED) is 0.0195. The molecule has 8 atom stereocenters. The van der Waals surface area contributed by atoms with E-state index in [-0.39, 0.29) is 19.4 Å². The van der Waals surface area contributed by atoms with Crippen molar-refractivity contribution in [2.75, 3.05) is 13.2 Å². The molecule has 8 unspecified atom stereocenters. The molecule has 1 heterocycles. The van der Waals surface area contributed by atoms with E-state index in [0.717, 1.165) is 77.0 Å². The highest BCUT2D eigenvalue weighted by atomic mass is 16.7. The number of ether oxygens (including phenoxy) is 3. The lowest BCUT2D eigenvalue weighted by Crippen LogP contribution is -2.61. The molecule has 1 aliphatic heterocycles. The second-order valence-electron chi connectivity index (χ2n) is 24.6. The smallest absolute Gasteiger partial charge is 0.306 e. The van der Waals surface area contributed by atoms with Gasteiger partial charge in [-0.3, -0.25) is 9.59 Å². The van der Waals surface area contributed by atoms with Gasteiger partial charge in [0.2, 0.25) is 5.91 Å². The van der Waals surface area contributed by atoms with Crippen molar-refractivity contribution in [1.82, 2.24) is 5.32 Å². The normalized spacial score (nSPS) is 18.8. The van der Waals surface area contributed by atoms with Gasteiger partial charge in [0.15, 0.2) is 12.4 Å². The molecule has 1 saturated heterocycles. The van der Waals surface area contributed by atoms with E-state index in [9.17, 15) is 35.1 Å². The van der Waals surface area contributed by atoms with E-state index in [2.05, 4.69) is 86.8 Å². The Morgan fingerprint density at radius 1 is 0.459 bits per heavy atom. The van der Waals surface area contributed by atoms with Crippen LogP contribution in [0.4, 0.5) is 0 Å². The molecule has 0 aromatic heterocycles. The van der Waals surface area contributed by atoms with E-state index in [1.54, 1.807) is 6.08 Å². The third-order valence-corrected chi connectivity index (χ3v) is 16.6. The molecular weight excluding hydrogens is 1060 g/mol. The van der Waals surface area contributed by atoms with Crippen molar-refractivity contribution >= 4 is 11.9 Å². The lowest BCUT2D eigenvalue weighted by atomic mass is 9.99. The van der Waals surface area contributed by atoms with Crippen LogP contribution in [0.2, 0.25) is 0 Å². The summed E-state index contributed by atoms with van der Waals surface area (Å²) in [6, 6.07) is -1.03. The number of allylic oxidation sites excluding steroid dienone is 11. The predicted molar refractivity (Wildman–Crippen MR) is 356 cm³/mol. The highest BCUT2D eigenvalue weighted by Gasteiger charge is 2.47. The Morgan fingerprint density at radius 2 is 0.812 bits per heavy atom. The number of hydrogen-bond donors (Lipinski definition) is 6. The molecule has 0 radical (unpaired) electrons. The molecule has 1 fully saturated rings. The summed E-state index contributed by atoms with van der Waals surface area (Å²) in [5.41, 5.74) is 0. The van der Waals surface area contributed by atoms with Gasteiger partial charge >= 0.3 is 5.97 Å². The number of aliphatic hydroxyl groups excluding tert-OH is 5. The zero-order chi connectivity index (χ0) is 61.7. The van der Waals surface area contributed by atoms with Crippen LogP contribution in [0.15, 0.2) is 72.9 Å². The zero-order valence-corrected chi connectivity index (χ0v) is 55.0. The fourth-order valence-corrected chi connectivity index (χ4v) is 10.9. The van der Waals surface area contributed by atoms with Crippen molar-refractivity contribution in [3.05, 3.63) is 72.9 Å². The molecule has 0 bridgehead atoms. The topological polar surface area (TPSA) is 175 Å². The van der Waals surface area contributed by atoms with Gasteiger partial charge in [-0.25, -0.2) is 0 Å². The number of esters is 1. The monoisotopic (exact) mass is 1200 g/mol. The maximum atomic E-state index is 13.5. The number of hydrogen-bond acceptors (Lipinski definition) is 10. The maximum absolute atomic E-state index is 13.5. The summed E-state index contributed by atoms with van der Waals surface area (Å²) in [7, 11) is 0. The Kier molecular flexibility index (Phi) is 57.8. The van der Waals surface area contributed by atoms with Gasteiger partial charge in [0, 0.05) is 6.42 Å². The molecule has 494 valence electrons. The van der Waals surface area contributed by atoms with Crippen molar-refractivity contribution in [2.24, 2.45) is 0 Å². The summed E-state index contributed by atoms with van der Waals surface area (Å²) in [4.78, 5) is 26.6. The number of rotatable bonds is 61. The molecule has 0 aliphatic carbocycles. The van der Waals surface area contributed by atoms with E-state index in [1.165, 1.54) is 199 Å². The summed E-state index contributed by atoms with van der Waals surface area (Å²) in [6.45, 7) is 5.76. The number of carbonyl (C=O) groups is 2. The fourth-order valence-electron chi connectivity index (χ4n) is 10.9. The summed E-state index contributed by atoms with van der Waals surface area (Å²) >= 11 is 0. The summed E-state index contributed by atoms with van der Waals surface area (Å²) < 4.78 is 17.6. The van der Waals surface area contributed by atoms with Gasteiger partial charge in [0.1, 0.15) is 24.4 Å². The highest BCUT2D eigenvalue weighted by Crippen LogP contribution is 2.26. The van der Waals surface area contributed by atoms with Crippen molar-refractivity contribution in [3.8, 4) is 0 Å². The van der Waals surface area contributed by atoms with E-state index in [0.29, 0.717) is 12.8 Å².